The summed E-state index contributed by atoms with van der Waals surface area (Å²) in [5.74, 6) is 6.77. The van der Waals surface area contributed by atoms with E-state index in [0.29, 0.717) is 18.1 Å². The molecule has 0 N–H and O–H groups in total. The third-order valence-corrected chi connectivity index (χ3v) is 3.35. The Morgan fingerprint density at radius 3 is 1.11 bits per heavy atom. The van der Waals surface area contributed by atoms with Gasteiger partial charge in [0.05, 0.1) is 6.42 Å². The molecule has 9 nitrogen and oxygen atoms in total. The van der Waals surface area contributed by atoms with Crippen molar-refractivity contribution in [2.24, 2.45) is 0 Å². The molecule has 0 unspecified atom stereocenters. The van der Waals surface area contributed by atoms with Crippen molar-refractivity contribution in [3.05, 3.63) is 52.4 Å². The van der Waals surface area contributed by atoms with E-state index in [-0.39, 0.29) is 0 Å². The van der Waals surface area contributed by atoms with E-state index in [9.17, 15) is 0 Å². The molecule has 0 spiro atoms. The van der Waals surface area contributed by atoms with Gasteiger partial charge in [0.25, 0.3) is 0 Å². The van der Waals surface area contributed by atoms with E-state index < -0.39 is 0 Å². The Bertz CT molecular complexity index is 854. The maximum Gasteiger partial charge on any atom is 0.140 e. The van der Waals surface area contributed by atoms with Gasteiger partial charge in [-0.15, -0.1) is 0 Å². The van der Waals surface area contributed by atoms with Crippen LogP contribution in [0.15, 0.2) is 0 Å². The van der Waals surface area contributed by atoms with Gasteiger partial charge in [-0.3, -0.25) is 0 Å². The Morgan fingerprint density at radius 1 is 0.407 bits per heavy atom. The van der Waals surface area contributed by atoms with Crippen LogP contribution in [-0.4, -0.2) is 44.9 Å². The van der Waals surface area contributed by atoms with Crippen LogP contribution in [0.1, 0.15) is 59.3 Å². The summed E-state index contributed by atoms with van der Waals surface area (Å²) >= 11 is 0. The lowest BCUT2D eigenvalue weighted by atomic mass is 10.3. The highest BCUT2D eigenvalue weighted by atomic mass is 15.1. The molecule has 0 aromatic carbocycles. The van der Waals surface area contributed by atoms with Crippen LogP contribution in [0.25, 0.3) is 0 Å². The van der Waals surface area contributed by atoms with Gasteiger partial charge in [-0.25, -0.2) is 44.9 Å². The zero-order chi connectivity index (χ0) is 20.0. The van der Waals surface area contributed by atoms with Crippen LogP contribution in [0.3, 0.4) is 0 Å². The van der Waals surface area contributed by atoms with E-state index in [1.807, 2.05) is 48.5 Å². The van der Waals surface area contributed by atoms with Crippen molar-refractivity contribution < 1.29 is 0 Å². The summed E-state index contributed by atoms with van der Waals surface area (Å²) in [6.07, 6.45) is 1.31. The van der Waals surface area contributed by atoms with Crippen LogP contribution in [0.4, 0.5) is 0 Å². The summed E-state index contributed by atoms with van der Waals surface area (Å²) < 4.78 is 0. The second-order valence-electron chi connectivity index (χ2n) is 6.07. The second-order valence-corrected chi connectivity index (χ2v) is 6.07. The van der Waals surface area contributed by atoms with E-state index in [4.69, 9.17) is 0 Å². The Balaban J connectivity index is 0.000000244. The highest BCUT2D eigenvalue weighted by molar-refractivity contribution is 5.05. The topological polar surface area (TPSA) is 116 Å². The Morgan fingerprint density at radius 2 is 0.704 bits per heavy atom. The average Bonchev–Trinajstić information content (AvgIpc) is 2.52. The third-order valence-electron chi connectivity index (χ3n) is 3.35. The summed E-state index contributed by atoms with van der Waals surface area (Å²) in [5, 5.41) is 0. The number of aryl methyl sites for hydroxylation is 7. The lowest BCUT2D eigenvalue weighted by molar-refractivity contribution is 0.770. The molecule has 0 saturated carbocycles. The van der Waals surface area contributed by atoms with Gasteiger partial charge in [-0.1, -0.05) is 6.92 Å². The molecule has 0 atom stereocenters. The fourth-order valence-corrected chi connectivity index (χ4v) is 2.52. The van der Waals surface area contributed by atoms with Crippen LogP contribution in [0.5, 0.6) is 0 Å². The number of hydrogen-bond donors (Lipinski definition) is 0. The first-order chi connectivity index (χ1) is 12.7. The maximum absolute atomic E-state index is 4.38. The lowest BCUT2D eigenvalue weighted by Crippen LogP contribution is -2.09. The van der Waals surface area contributed by atoms with Crippen molar-refractivity contribution in [1.82, 2.24) is 44.9 Å². The minimum Gasteiger partial charge on any atom is -0.219 e. The van der Waals surface area contributed by atoms with Crippen LogP contribution >= 0.6 is 0 Å². The molecular formula is C18H25N9. The third kappa shape index (κ3) is 6.69. The van der Waals surface area contributed by atoms with Crippen molar-refractivity contribution in [1.29, 1.82) is 0 Å². The molecule has 0 radical (unpaired) electrons. The minimum absolute atomic E-state index is 0.514. The van der Waals surface area contributed by atoms with Gasteiger partial charge in [0.15, 0.2) is 0 Å². The molecule has 0 bridgehead atoms. The first kappa shape index (κ1) is 20.3. The molecule has 9 heteroatoms. The largest absolute Gasteiger partial charge is 0.219 e. The molecule has 3 heterocycles. The molecule has 0 saturated heterocycles. The number of hydrogen-bond acceptors (Lipinski definition) is 9. The molecule has 27 heavy (non-hydrogen) atoms. The molecule has 0 aliphatic heterocycles. The second kappa shape index (κ2) is 9.11. The van der Waals surface area contributed by atoms with Gasteiger partial charge in [0.2, 0.25) is 0 Å². The summed E-state index contributed by atoms with van der Waals surface area (Å²) in [6, 6.07) is 0. The molecule has 3 rings (SSSR count). The summed E-state index contributed by atoms with van der Waals surface area (Å²) in [5.41, 5.74) is 0. The standard InChI is InChI=1S/C12H16N6.C6H9N3/c1-5-10-14-9(4)17-12(18-10)6-11-15-7(2)13-8(3)16-11;1-4-7-5(2)9-6(3)8-4/h5-6H2,1-4H3;1-3H3. The predicted octanol–water partition coefficient (Wildman–Crippen LogP) is 1.93. The summed E-state index contributed by atoms with van der Waals surface area (Å²) in [7, 11) is 0. The molecule has 3 aromatic heterocycles. The molecule has 0 amide bonds. The van der Waals surface area contributed by atoms with Gasteiger partial charge in [-0.05, 0) is 41.5 Å². The zero-order valence-electron chi connectivity index (χ0n) is 16.9. The fraction of sp³-hybridized carbons (Fsp3) is 0.500. The summed E-state index contributed by atoms with van der Waals surface area (Å²) in [6.45, 7) is 13.2. The first-order valence-corrected chi connectivity index (χ1v) is 8.79. The highest BCUT2D eigenvalue weighted by Crippen LogP contribution is 2.03. The first-order valence-electron chi connectivity index (χ1n) is 8.79. The Hall–Kier alpha value is -2.97. The van der Waals surface area contributed by atoms with Gasteiger partial charge in [0.1, 0.15) is 52.4 Å². The number of aromatic nitrogens is 9. The van der Waals surface area contributed by atoms with E-state index in [2.05, 4.69) is 44.9 Å². The lowest BCUT2D eigenvalue weighted by Gasteiger charge is -2.04. The van der Waals surface area contributed by atoms with Crippen molar-refractivity contribution in [3.63, 3.8) is 0 Å². The van der Waals surface area contributed by atoms with Crippen molar-refractivity contribution in [2.75, 3.05) is 0 Å². The molecule has 0 aliphatic carbocycles. The molecule has 0 aliphatic rings. The molecule has 142 valence electrons. The van der Waals surface area contributed by atoms with Gasteiger partial charge in [-0.2, -0.15) is 0 Å². The zero-order valence-corrected chi connectivity index (χ0v) is 16.9. The minimum atomic E-state index is 0.514. The monoisotopic (exact) mass is 367 g/mol. The molecule has 0 fully saturated rings. The van der Waals surface area contributed by atoms with Crippen LogP contribution in [0, 0.1) is 41.5 Å². The van der Waals surface area contributed by atoms with Gasteiger partial charge < -0.3 is 0 Å². The number of rotatable bonds is 3. The maximum atomic E-state index is 4.38. The van der Waals surface area contributed by atoms with E-state index in [1.165, 1.54) is 0 Å². The molecule has 3 aromatic rings. The summed E-state index contributed by atoms with van der Waals surface area (Å²) in [4.78, 5) is 37.7. The average molecular weight is 367 g/mol. The smallest absolute Gasteiger partial charge is 0.140 e. The fourth-order valence-electron chi connectivity index (χ4n) is 2.52. The van der Waals surface area contributed by atoms with Crippen LogP contribution in [-0.2, 0) is 12.8 Å². The van der Waals surface area contributed by atoms with Gasteiger partial charge >= 0.3 is 0 Å². The van der Waals surface area contributed by atoms with Gasteiger partial charge in [0, 0.05) is 6.42 Å². The van der Waals surface area contributed by atoms with E-state index in [1.54, 1.807) is 0 Å². The highest BCUT2D eigenvalue weighted by Gasteiger charge is 2.07. The SMILES string of the molecule is CCc1nc(C)nc(Cc2nc(C)nc(C)n2)n1.Cc1nc(C)nc(C)n1. The Kier molecular flexibility index (Phi) is 6.86. The van der Waals surface area contributed by atoms with Crippen molar-refractivity contribution >= 4 is 0 Å². The number of nitrogens with zero attached hydrogens (tertiary/aromatic N) is 9. The van der Waals surface area contributed by atoms with Crippen molar-refractivity contribution in [3.8, 4) is 0 Å². The quantitative estimate of drug-likeness (QED) is 0.684. The van der Waals surface area contributed by atoms with Crippen molar-refractivity contribution in [2.45, 2.75) is 61.3 Å². The van der Waals surface area contributed by atoms with Crippen LogP contribution in [0.2, 0.25) is 0 Å². The van der Waals surface area contributed by atoms with E-state index >= 15 is 0 Å². The molecular weight excluding hydrogens is 342 g/mol. The predicted molar refractivity (Wildman–Crippen MR) is 100 cm³/mol. The van der Waals surface area contributed by atoms with Crippen LogP contribution < -0.4 is 0 Å². The van der Waals surface area contributed by atoms with E-state index in [0.717, 1.165) is 47.2 Å². The normalized spacial score (nSPS) is 10.3. The Labute approximate surface area is 159 Å².